The molecule has 3 aromatic rings. The van der Waals surface area contributed by atoms with Crippen LogP contribution < -0.4 is 10.6 Å². The summed E-state index contributed by atoms with van der Waals surface area (Å²) < 4.78 is 5.59. The van der Waals surface area contributed by atoms with Gasteiger partial charge in [-0.3, -0.25) is 0 Å². The van der Waals surface area contributed by atoms with Gasteiger partial charge in [0, 0.05) is 30.2 Å². The van der Waals surface area contributed by atoms with Gasteiger partial charge in [0.05, 0.1) is 5.69 Å². The third kappa shape index (κ3) is 4.07. The van der Waals surface area contributed by atoms with E-state index in [2.05, 4.69) is 63.8 Å². The Morgan fingerprint density at radius 1 is 1.23 bits per heavy atom. The Hall–Kier alpha value is -2.76. The van der Waals surface area contributed by atoms with Crippen molar-refractivity contribution < 1.29 is 4.42 Å². The number of nitrogens with one attached hydrogen (secondary N) is 3. The molecule has 0 fully saturated rings. The number of oxazole rings is 1. The summed E-state index contributed by atoms with van der Waals surface area (Å²) in [5.41, 5.74) is 4.73. The van der Waals surface area contributed by atoms with Crippen molar-refractivity contribution in [2.24, 2.45) is 4.99 Å². The van der Waals surface area contributed by atoms with Crippen molar-refractivity contribution in [3.8, 4) is 0 Å². The number of H-pyrrole nitrogens is 1. The molecule has 26 heavy (non-hydrogen) atoms. The van der Waals surface area contributed by atoms with Crippen molar-refractivity contribution in [3.05, 3.63) is 52.9 Å². The number of hydrogen-bond acceptors (Lipinski definition) is 3. The highest BCUT2D eigenvalue weighted by atomic mass is 16.4. The number of aliphatic imine (C=N–C) groups is 1. The zero-order chi connectivity index (χ0) is 18.5. The number of aromatic nitrogens is 2. The monoisotopic (exact) mass is 353 g/mol. The summed E-state index contributed by atoms with van der Waals surface area (Å²) >= 11 is 0. The van der Waals surface area contributed by atoms with Crippen LogP contribution in [0.4, 0.5) is 0 Å². The zero-order valence-corrected chi connectivity index (χ0v) is 15.9. The molecule has 0 bridgehead atoms. The summed E-state index contributed by atoms with van der Waals surface area (Å²) in [6.07, 6.45) is 3.02. The van der Waals surface area contributed by atoms with Crippen LogP contribution in [0.3, 0.4) is 0 Å². The van der Waals surface area contributed by atoms with E-state index in [-0.39, 0.29) is 0 Å². The number of guanidine groups is 1. The van der Waals surface area contributed by atoms with E-state index in [1.807, 2.05) is 13.8 Å². The van der Waals surface area contributed by atoms with Crippen molar-refractivity contribution in [3.63, 3.8) is 0 Å². The third-order valence-electron chi connectivity index (χ3n) is 4.47. The summed E-state index contributed by atoms with van der Waals surface area (Å²) in [4.78, 5) is 12.3. The Bertz CT molecular complexity index is 887. The molecular formula is C20H27N5O. The number of benzene rings is 1. The van der Waals surface area contributed by atoms with Gasteiger partial charge in [0.1, 0.15) is 12.3 Å². The SMILES string of the molecule is CCNC(=NCc1nc(C)c(C)o1)NCCc1c[nH]c2cccc(C)c12. The average Bonchev–Trinajstić information content (AvgIpc) is 3.17. The van der Waals surface area contributed by atoms with Gasteiger partial charge in [-0.15, -0.1) is 0 Å². The van der Waals surface area contributed by atoms with Crippen LogP contribution in [0.15, 0.2) is 33.8 Å². The molecule has 0 spiro atoms. The smallest absolute Gasteiger partial charge is 0.216 e. The van der Waals surface area contributed by atoms with Crippen LogP contribution in [0.25, 0.3) is 10.9 Å². The fourth-order valence-electron chi connectivity index (χ4n) is 3.06. The second-order valence-corrected chi connectivity index (χ2v) is 6.43. The third-order valence-corrected chi connectivity index (χ3v) is 4.47. The van der Waals surface area contributed by atoms with Gasteiger partial charge in [0.15, 0.2) is 5.96 Å². The number of rotatable bonds is 6. The molecular weight excluding hydrogens is 326 g/mol. The minimum Gasteiger partial charge on any atom is -0.444 e. The normalized spacial score (nSPS) is 11.9. The summed E-state index contributed by atoms with van der Waals surface area (Å²) in [6.45, 7) is 10.1. The van der Waals surface area contributed by atoms with Crippen molar-refractivity contribution in [2.45, 2.75) is 40.7 Å². The van der Waals surface area contributed by atoms with E-state index in [9.17, 15) is 0 Å². The van der Waals surface area contributed by atoms with Crippen LogP contribution in [-0.4, -0.2) is 29.0 Å². The van der Waals surface area contributed by atoms with Crippen molar-refractivity contribution in [1.82, 2.24) is 20.6 Å². The van der Waals surface area contributed by atoms with Crippen LogP contribution in [0.5, 0.6) is 0 Å². The van der Waals surface area contributed by atoms with E-state index in [4.69, 9.17) is 4.42 Å². The lowest BCUT2D eigenvalue weighted by Crippen LogP contribution is -2.38. The number of hydrogen-bond donors (Lipinski definition) is 3. The average molecular weight is 353 g/mol. The van der Waals surface area contributed by atoms with Crippen molar-refractivity contribution in [1.29, 1.82) is 0 Å². The first-order chi connectivity index (χ1) is 12.6. The standard InChI is InChI=1S/C20H27N5O/c1-5-21-20(24-12-18-25-14(3)15(4)26-18)22-10-9-16-11-23-17-8-6-7-13(2)19(16)17/h6-8,11,23H,5,9-10,12H2,1-4H3,(H2,21,22,24). The van der Waals surface area contributed by atoms with Crippen molar-refractivity contribution >= 4 is 16.9 Å². The molecule has 3 rings (SSSR count). The van der Waals surface area contributed by atoms with Crippen molar-refractivity contribution in [2.75, 3.05) is 13.1 Å². The minimum absolute atomic E-state index is 0.427. The second kappa shape index (κ2) is 8.08. The number of fused-ring (bicyclic) bond motifs is 1. The predicted octanol–water partition coefficient (Wildman–Crippen LogP) is 3.38. The lowest BCUT2D eigenvalue weighted by Gasteiger charge is -2.11. The highest BCUT2D eigenvalue weighted by molar-refractivity contribution is 5.86. The quantitative estimate of drug-likeness (QED) is 0.469. The zero-order valence-electron chi connectivity index (χ0n) is 15.9. The minimum atomic E-state index is 0.427. The first-order valence-corrected chi connectivity index (χ1v) is 9.09. The summed E-state index contributed by atoms with van der Waals surface area (Å²) in [7, 11) is 0. The highest BCUT2D eigenvalue weighted by Gasteiger charge is 2.07. The van der Waals surface area contributed by atoms with E-state index < -0.39 is 0 Å². The molecule has 0 amide bonds. The molecule has 0 saturated heterocycles. The van der Waals surface area contributed by atoms with Crippen LogP contribution in [-0.2, 0) is 13.0 Å². The van der Waals surface area contributed by atoms with Gasteiger partial charge in [-0.05, 0) is 51.3 Å². The fourth-order valence-corrected chi connectivity index (χ4v) is 3.06. The van der Waals surface area contributed by atoms with Gasteiger partial charge < -0.3 is 20.0 Å². The van der Waals surface area contributed by atoms with Crippen LogP contribution >= 0.6 is 0 Å². The van der Waals surface area contributed by atoms with Gasteiger partial charge in [0.25, 0.3) is 0 Å². The van der Waals surface area contributed by atoms with Gasteiger partial charge in [-0.25, -0.2) is 9.98 Å². The Kier molecular flexibility index (Phi) is 5.61. The van der Waals surface area contributed by atoms with Gasteiger partial charge in [-0.2, -0.15) is 0 Å². The molecule has 2 aromatic heterocycles. The molecule has 1 aromatic carbocycles. The summed E-state index contributed by atoms with van der Waals surface area (Å²) in [5.74, 6) is 2.27. The first-order valence-electron chi connectivity index (χ1n) is 9.09. The summed E-state index contributed by atoms with van der Waals surface area (Å²) in [6, 6.07) is 6.35. The van der Waals surface area contributed by atoms with Gasteiger partial charge in [-0.1, -0.05) is 12.1 Å². The molecule has 138 valence electrons. The summed E-state index contributed by atoms with van der Waals surface area (Å²) in [5, 5.41) is 7.98. The molecule has 2 heterocycles. The molecule has 0 radical (unpaired) electrons. The molecule has 0 aliphatic carbocycles. The van der Waals surface area contributed by atoms with Gasteiger partial charge >= 0.3 is 0 Å². The molecule has 0 aliphatic rings. The van der Waals surface area contributed by atoms with Crippen LogP contribution in [0.1, 0.15) is 35.4 Å². The van der Waals surface area contributed by atoms with E-state index in [1.165, 1.54) is 22.0 Å². The molecule has 6 nitrogen and oxygen atoms in total. The van der Waals surface area contributed by atoms with Gasteiger partial charge in [0.2, 0.25) is 5.89 Å². The largest absolute Gasteiger partial charge is 0.444 e. The van der Waals surface area contributed by atoms with Crippen LogP contribution in [0, 0.1) is 20.8 Å². The lowest BCUT2D eigenvalue weighted by atomic mass is 10.1. The van der Waals surface area contributed by atoms with E-state index >= 15 is 0 Å². The van der Waals surface area contributed by atoms with E-state index in [1.54, 1.807) is 0 Å². The molecule has 6 heteroatoms. The van der Waals surface area contributed by atoms with Crippen LogP contribution in [0.2, 0.25) is 0 Å². The Balaban J connectivity index is 1.62. The molecule has 0 unspecified atom stereocenters. The topological polar surface area (TPSA) is 78.2 Å². The first kappa shape index (κ1) is 18.0. The van der Waals surface area contributed by atoms with E-state index in [0.717, 1.165) is 36.9 Å². The Labute approximate surface area is 154 Å². The maximum Gasteiger partial charge on any atom is 0.216 e. The fraction of sp³-hybridized carbons (Fsp3) is 0.400. The van der Waals surface area contributed by atoms with E-state index in [0.29, 0.717) is 12.4 Å². The Morgan fingerprint density at radius 3 is 2.81 bits per heavy atom. The lowest BCUT2D eigenvalue weighted by molar-refractivity contribution is 0.473. The Morgan fingerprint density at radius 2 is 2.08 bits per heavy atom. The number of aryl methyl sites for hydroxylation is 3. The second-order valence-electron chi connectivity index (χ2n) is 6.43. The number of nitrogens with zero attached hydrogens (tertiary/aromatic N) is 2. The molecule has 0 aliphatic heterocycles. The predicted molar refractivity (Wildman–Crippen MR) is 106 cm³/mol. The highest BCUT2D eigenvalue weighted by Crippen LogP contribution is 2.22. The number of aromatic amines is 1. The molecule has 0 atom stereocenters. The maximum atomic E-state index is 5.59. The molecule has 0 saturated carbocycles. The molecule has 3 N–H and O–H groups in total. The maximum absolute atomic E-state index is 5.59.